The minimum Gasteiger partial charge on any atom is -0.486 e. The van der Waals surface area contributed by atoms with Crippen molar-refractivity contribution in [2.24, 2.45) is 0 Å². The van der Waals surface area contributed by atoms with Gasteiger partial charge in [-0.15, -0.1) is 0 Å². The third-order valence-electron chi connectivity index (χ3n) is 1.90. The van der Waals surface area contributed by atoms with E-state index in [-0.39, 0.29) is 6.10 Å². The van der Waals surface area contributed by atoms with Gasteiger partial charge in [0.15, 0.2) is 0 Å². The van der Waals surface area contributed by atoms with Gasteiger partial charge in [0.25, 0.3) is 0 Å². The van der Waals surface area contributed by atoms with Crippen LogP contribution in [-0.4, -0.2) is 19.3 Å². The monoisotopic (exact) mass is 194 g/mol. The molecular weight excluding hydrogens is 176 g/mol. The van der Waals surface area contributed by atoms with Crippen molar-refractivity contribution in [3.8, 4) is 5.75 Å². The van der Waals surface area contributed by atoms with Gasteiger partial charge in [-0.05, 0) is 24.6 Å². The van der Waals surface area contributed by atoms with Crippen LogP contribution in [0.5, 0.6) is 5.75 Å². The molecule has 78 valence electrons. The number of rotatable bonds is 2. The zero-order valence-corrected chi connectivity index (χ0v) is 9.12. The van der Waals surface area contributed by atoms with Gasteiger partial charge in [0, 0.05) is 0 Å². The van der Waals surface area contributed by atoms with Crippen molar-refractivity contribution < 1.29 is 9.47 Å². The normalized spacial score (nSPS) is 15.1. The Bertz CT molecular complexity index is 267. The third kappa shape index (κ3) is 3.04. The van der Waals surface area contributed by atoms with E-state index in [0.29, 0.717) is 0 Å². The molecule has 0 spiro atoms. The van der Waals surface area contributed by atoms with Crippen LogP contribution in [0, 0.1) is 6.92 Å². The zero-order chi connectivity index (χ0) is 10.4. The Kier molecular flexibility index (Phi) is 4.47. The zero-order valence-electron chi connectivity index (χ0n) is 9.12. The summed E-state index contributed by atoms with van der Waals surface area (Å²) in [6, 6.07) is 8.08. The van der Waals surface area contributed by atoms with E-state index in [2.05, 4.69) is 13.0 Å². The van der Waals surface area contributed by atoms with E-state index in [0.717, 1.165) is 19.0 Å². The molecule has 1 aromatic rings. The van der Waals surface area contributed by atoms with E-state index in [1.165, 1.54) is 5.56 Å². The highest BCUT2D eigenvalue weighted by Crippen LogP contribution is 2.16. The van der Waals surface area contributed by atoms with E-state index >= 15 is 0 Å². The van der Waals surface area contributed by atoms with Gasteiger partial charge < -0.3 is 9.47 Å². The molecule has 2 rings (SSSR count). The van der Waals surface area contributed by atoms with E-state index in [1.807, 2.05) is 32.0 Å². The molecule has 0 N–H and O–H groups in total. The highest BCUT2D eigenvalue weighted by Gasteiger charge is 2.19. The quantitative estimate of drug-likeness (QED) is 0.720. The molecule has 1 heterocycles. The van der Waals surface area contributed by atoms with E-state index in [4.69, 9.17) is 9.47 Å². The van der Waals surface area contributed by atoms with Gasteiger partial charge in [-0.1, -0.05) is 26.0 Å². The maximum atomic E-state index is 5.61. The minimum atomic E-state index is 0.270. The molecule has 0 aliphatic carbocycles. The number of hydrogen-bond donors (Lipinski definition) is 0. The summed E-state index contributed by atoms with van der Waals surface area (Å²) >= 11 is 0. The molecular formula is C12H18O2. The highest BCUT2D eigenvalue weighted by molar-refractivity contribution is 5.27. The SMILES string of the molecule is CC.Cc1cccc(OC2COC2)c1. The predicted molar refractivity (Wildman–Crippen MR) is 57.8 cm³/mol. The summed E-state index contributed by atoms with van der Waals surface area (Å²) in [5, 5.41) is 0. The van der Waals surface area contributed by atoms with Crippen LogP contribution in [0.2, 0.25) is 0 Å². The molecule has 1 aromatic carbocycles. The molecule has 0 unspecified atom stereocenters. The van der Waals surface area contributed by atoms with Crippen molar-refractivity contribution in [2.75, 3.05) is 13.2 Å². The molecule has 0 bridgehead atoms. The Labute approximate surface area is 85.8 Å². The minimum absolute atomic E-state index is 0.270. The van der Waals surface area contributed by atoms with Gasteiger partial charge in [-0.3, -0.25) is 0 Å². The van der Waals surface area contributed by atoms with Crippen LogP contribution < -0.4 is 4.74 Å². The second-order valence-corrected chi connectivity index (χ2v) is 3.09. The van der Waals surface area contributed by atoms with Gasteiger partial charge >= 0.3 is 0 Å². The second kappa shape index (κ2) is 5.66. The first-order valence-electron chi connectivity index (χ1n) is 5.16. The molecule has 0 radical (unpaired) electrons. The first kappa shape index (κ1) is 11.1. The Morgan fingerprint density at radius 3 is 2.50 bits per heavy atom. The van der Waals surface area contributed by atoms with Crippen LogP contribution >= 0.6 is 0 Å². The van der Waals surface area contributed by atoms with Crippen molar-refractivity contribution in [3.05, 3.63) is 29.8 Å². The molecule has 2 heteroatoms. The summed E-state index contributed by atoms with van der Waals surface area (Å²) in [6.07, 6.45) is 0.270. The van der Waals surface area contributed by atoms with Crippen molar-refractivity contribution in [3.63, 3.8) is 0 Å². The lowest BCUT2D eigenvalue weighted by molar-refractivity contribution is -0.0796. The second-order valence-electron chi connectivity index (χ2n) is 3.09. The molecule has 1 saturated heterocycles. The summed E-state index contributed by atoms with van der Waals surface area (Å²) in [7, 11) is 0. The number of aryl methyl sites for hydroxylation is 1. The molecule has 1 aliphatic rings. The molecule has 14 heavy (non-hydrogen) atoms. The van der Waals surface area contributed by atoms with Gasteiger partial charge in [0.2, 0.25) is 0 Å². The molecule has 1 fully saturated rings. The van der Waals surface area contributed by atoms with E-state index < -0.39 is 0 Å². The summed E-state index contributed by atoms with van der Waals surface area (Å²) in [5.74, 6) is 0.948. The average Bonchev–Trinajstić information content (AvgIpc) is 2.15. The summed E-state index contributed by atoms with van der Waals surface area (Å²) in [5.41, 5.74) is 1.23. The topological polar surface area (TPSA) is 18.5 Å². The van der Waals surface area contributed by atoms with Crippen molar-refractivity contribution >= 4 is 0 Å². The first-order valence-corrected chi connectivity index (χ1v) is 5.16. The Morgan fingerprint density at radius 1 is 1.29 bits per heavy atom. The summed E-state index contributed by atoms with van der Waals surface area (Å²) in [4.78, 5) is 0. The molecule has 0 amide bonds. The average molecular weight is 194 g/mol. The number of benzene rings is 1. The molecule has 0 aromatic heterocycles. The lowest BCUT2D eigenvalue weighted by Gasteiger charge is -2.26. The lowest BCUT2D eigenvalue weighted by Crippen LogP contribution is -2.38. The fourth-order valence-electron chi connectivity index (χ4n) is 1.16. The molecule has 0 saturated carbocycles. The molecule has 2 nitrogen and oxygen atoms in total. The number of hydrogen-bond acceptors (Lipinski definition) is 2. The summed E-state index contributed by atoms with van der Waals surface area (Å²) in [6.45, 7) is 7.52. The Hall–Kier alpha value is -1.02. The van der Waals surface area contributed by atoms with Crippen molar-refractivity contribution in [2.45, 2.75) is 26.9 Å². The van der Waals surface area contributed by atoms with Gasteiger partial charge in [-0.25, -0.2) is 0 Å². The van der Waals surface area contributed by atoms with Crippen molar-refractivity contribution in [1.29, 1.82) is 0 Å². The van der Waals surface area contributed by atoms with Crippen LogP contribution in [0.4, 0.5) is 0 Å². The fourth-order valence-corrected chi connectivity index (χ4v) is 1.16. The van der Waals surface area contributed by atoms with E-state index in [1.54, 1.807) is 0 Å². The predicted octanol–water partition coefficient (Wildman–Crippen LogP) is 2.80. The van der Waals surface area contributed by atoms with Gasteiger partial charge in [0.1, 0.15) is 11.9 Å². The maximum Gasteiger partial charge on any atom is 0.145 e. The number of ether oxygens (including phenoxy) is 2. The van der Waals surface area contributed by atoms with Crippen LogP contribution in [0.3, 0.4) is 0 Å². The summed E-state index contributed by atoms with van der Waals surface area (Å²) < 4.78 is 10.6. The Balaban J connectivity index is 0.000000461. The molecule has 1 aliphatic heterocycles. The van der Waals surface area contributed by atoms with Gasteiger partial charge in [-0.2, -0.15) is 0 Å². The molecule has 0 atom stereocenters. The van der Waals surface area contributed by atoms with Crippen LogP contribution in [0.25, 0.3) is 0 Å². The smallest absolute Gasteiger partial charge is 0.145 e. The van der Waals surface area contributed by atoms with Gasteiger partial charge in [0.05, 0.1) is 13.2 Å². The van der Waals surface area contributed by atoms with Crippen molar-refractivity contribution in [1.82, 2.24) is 0 Å². The largest absolute Gasteiger partial charge is 0.486 e. The highest BCUT2D eigenvalue weighted by atomic mass is 16.6. The maximum absolute atomic E-state index is 5.61. The van der Waals surface area contributed by atoms with Crippen LogP contribution in [-0.2, 0) is 4.74 Å². The van der Waals surface area contributed by atoms with Crippen LogP contribution in [0.1, 0.15) is 19.4 Å². The lowest BCUT2D eigenvalue weighted by atomic mass is 10.2. The standard InChI is InChI=1S/C10H12O2.C2H6/c1-8-3-2-4-9(5-8)12-10-6-11-7-10;1-2/h2-5,10H,6-7H2,1H3;1-2H3. The first-order chi connectivity index (χ1) is 6.84. The Morgan fingerprint density at radius 2 is 2.00 bits per heavy atom. The van der Waals surface area contributed by atoms with E-state index in [9.17, 15) is 0 Å². The fraction of sp³-hybridized carbons (Fsp3) is 0.500. The third-order valence-corrected chi connectivity index (χ3v) is 1.90. The van der Waals surface area contributed by atoms with Crippen LogP contribution in [0.15, 0.2) is 24.3 Å².